The highest BCUT2D eigenvalue weighted by Crippen LogP contribution is 2.25. The third kappa shape index (κ3) is 3.72. The van der Waals surface area contributed by atoms with Crippen LogP contribution in [0.15, 0.2) is 41.4 Å². The maximum absolute atomic E-state index is 12.5. The van der Waals surface area contributed by atoms with Crippen LogP contribution >= 0.6 is 11.6 Å². The molecule has 0 radical (unpaired) electrons. The third-order valence-electron chi connectivity index (χ3n) is 2.92. The Kier molecular flexibility index (Phi) is 4.82. The predicted octanol–water partition coefficient (Wildman–Crippen LogP) is 2.56. The highest BCUT2D eigenvalue weighted by Gasteiger charge is 2.19. The van der Waals surface area contributed by atoms with Gasteiger partial charge in [-0.15, -0.1) is 0 Å². The second-order valence-electron chi connectivity index (χ2n) is 4.54. The van der Waals surface area contributed by atoms with E-state index in [-0.39, 0.29) is 9.92 Å². The number of benzene rings is 1. The van der Waals surface area contributed by atoms with Crippen molar-refractivity contribution in [3.63, 3.8) is 0 Å². The second-order valence-corrected chi connectivity index (χ2v) is 6.60. The number of nitrogens with zero attached hydrogens (tertiary/aromatic N) is 1. The molecule has 0 saturated heterocycles. The van der Waals surface area contributed by atoms with Gasteiger partial charge in [0.2, 0.25) is 0 Å². The largest absolute Gasteiger partial charge is 0.316 e. The Bertz CT molecular complexity index is 748. The van der Waals surface area contributed by atoms with E-state index in [9.17, 15) is 8.42 Å². The number of sulfonamides is 1. The predicted molar refractivity (Wildman–Crippen MR) is 84.0 cm³/mol. The quantitative estimate of drug-likeness (QED) is 0.886. The highest BCUT2D eigenvalue weighted by molar-refractivity contribution is 7.92. The maximum Gasteiger partial charge on any atom is 0.263 e. The number of pyridine rings is 1. The lowest BCUT2D eigenvalue weighted by molar-refractivity contribution is 0.601. The first-order chi connectivity index (χ1) is 9.94. The van der Waals surface area contributed by atoms with Crippen molar-refractivity contribution in [2.45, 2.75) is 18.4 Å². The van der Waals surface area contributed by atoms with Crippen molar-refractivity contribution in [2.75, 3.05) is 11.8 Å². The standard InChI is InChI=1S/C14H16ClN3O2S/c1-10-13(4-3-7-17-10)18-21(19,20)14-8-11(9-16-2)5-6-12(14)15/h3-8,16,18H,9H2,1-2H3. The number of hydrogen-bond acceptors (Lipinski definition) is 4. The Hall–Kier alpha value is -1.63. The van der Waals surface area contributed by atoms with E-state index in [4.69, 9.17) is 11.6 Å². The first-order valence-corrected chi connectivity index (χ1v) is 8.17. The molecule has 0 aliphatic carbocycles. The molecule has 21 heavy (non-hydrogen) atoms. The van der Waals surface area contributed by atoms with E-state index < -0.39 is 10.0 Å². The molecule has 1 aromatic heterocycles. The summed E-state index contributed by atoms with van der Waals surface area (Å²) >= 11 is 6.03. The van der Waals surface area contributed by atoms with Gasteiger partial charge in [0.05, 0.1) is 16.4 Å². The summed E-state index contributed by atoms with van der Waals surface area (Å²) in [4.78, 5) is 4.11. The molecule has 112 valence electrons. The van der Waals surface area contributed by atoms with Crippen LogP contribution in [0.3, 0.4) is 0 Å². The Morgan fingerprint density at radius 1 is 1.29 bits per heavy atom. The van der Waals surface area contributed by atoms with E-state index in [1.165, 1.54) is 0 Å². The van der Waals surface area contributed by atoms with E-state index >= 15 is 0 Å². The monoisotopic (exact) mass is 325 g/mol. The van der Waals surface area contributed by atoms with Crippen LogP contribution in [-0.4, -0.2) is 20.4 Å². The van der Waals surface area contributed by atoms with Crippen LogP contribution in [0.1, 0.15) is 11.3 Å². The van der Waals surface area contributed by atoms with E-state index in [0.717, 1.165) is 5.56 Å². The fraction of sp³-hybridized carbons (Fsp3) is 0.214. The molecule has 0 spiro atoms. The minimum atomic E-state index is -3.76. The highest BCUT2D eigenvalue weighted by atomic mass is 35.5. The van der Waals surface area contributed by atoms with E-state index in [1.807, 2.05) is 0 Å². The molecule has 0 unspecified atom stereocenters. The molecular formula is C14H16ClN3O2S. The van der Waals surface area contributed by atoms with Gasteiger partial charge in [0.25, 0.3) is 10.0 Å². The second kappa shape index (κ2) is 6.43. The lowest BCUT2D eigenvalue weighted by atomic mass is 10.2. The van der Waals surface area contributed by atoms with Gasteiger partial charge in [-0.3, -0.25) is 9.71 Å². The molecule has 5 nitrogen and oxygen atoms in total. The molecule has 0 bridgehead atoms. The molecule has 1 heterocycles. The van der Waals surface area contributed by atoms with Crippen molar-refractivity contribution in [2.24, 2.45) is 0 Å². The van der Waals surface area contributed by atoms with E-state index in [0.29, 0.717) is 17.9 Å². The fourth-order valence-electron chi connectivity index (χ4n) is 1.86. The third-order valence-corrected chi connectivity index (χ3v) is 4.76. The van der Waals surface area contributed by atoms with Gasteiger partial charge in [-0.05, 0) is 43.8 Å². The van der Waals surface area contributed by atoms with Gasteiger partial charge < -0.3 is 5.32 Å². The zero-order valence-electron chi connectivity index (χ0n) is 11.7. The molecule has 2 rings (SSSR count). The van der Waals surface area contributed by atoms with Crippen molar-refractivity contribution in [3.05, 3.63) is 52.8 Å². The lowest BCUT2D eigenvalue weighted by Crippen LogP contribution is -2.15. The maximum atomic E-state index is 12.5. The van der Waals surface area contributed by atoms with E-state index in [2.05, 4.69) is 15.0 Å². The van der Waals surface area contributed by atoms with Crippen molar-refractivity contribution in [1.82, 2.24) is 10.3 Å². The van der Waals surface area contributed by atoms with Crippen LogP contribution < -0.4 is 10.0 Å². The van der Waals surface area contributed by atoms with Crippen LogP contribution in [0.5, 0.6) is 0 Å². The Labute approximate surface area is 129 Å². The molecule has 0 aliphatic rings. The van der Waals surface area contributed by atoms with Crippen molar-refractivity contribution < 1.29 is 8.42 Å². The van der Waals surface area contributed by atoms with Crippen molar-refractivity contribution in [3.8, 4) is 0 Å². The molecule has 0 fully saturated rings. The summed E-state index contributed by atoms with van der Waals surface area (Å²) in [5.74, 6) is 0. The topological polar surface area (TPSA) is 71.1 Å². The first-order valence-electron chi connectivity index (χ1n) is 6.31. The van der Waals surface area contributed by atoms with Crippen LogP contribution in [0, 0.1) is 6.92 Å². The number of halogens is 1. The Morgan fingerprint density at radius 2 is 2.05 bits per heavy atom. The Balaban J connectivity index is 2.40. The molecule has 0 aliphatic heterocycles. The van der Waals surface area contributed by atoms with E-state index in [1.54, 1.807) is 50.5 Å². The fourth-order valence-corrected chi connectivity index (χ4v) is 3.53. The van der Waals surface area contributed by atoms with Crippen LogP contribution in [-0.2, 0) is 16.6 Å². The molecule has 0 saturated carbocycles. The molecule has 2 aromatic rings. The number of anilines is 1. The Morgan fingerprint density at radius 3 is 2.71 bits per heavy atom. The minimum Gasteiger partial charge on any atom is -0.316 e. The molecular weight excluding hydrogens is 310 g/mol. The number of rotatable bonds is 5. The van der Waals surface area contributed by atoms with Crippen LogP contribution in [0.25, 0.3) is 0 Å². The lowest BCUT2D eigenvalue weighted by Gasteiger charge is -2.12. The molecule has 0 atom stereocenters. The van der Waals surface area contributed by atoms with Gasteiger partial charge in [0, 0.05) is 12.7 Å². The van der Waals surface area contributed by atoms with Gasteiger partial charge in [0.15, 0.2) is 0 Å². The van der Waals surface area contributed by atoms with Gasteiger partial charge in [-0.2, -0.15) is 0 Å². The molecule has 1 aromatic carbocycles. The zero-order valence-corrected chi connectivity index (χ0v) is 13.3. The molecule has 0 amide bonds. The zero-order chi connectivity index (χ0) is 15.5. The number of aryl methyl sites for hydroxylation is 1. The van der Waals surface area contributed by atoms with Crippen molar-refractivity contribution in [1.29, 1.82) is 0 Å². The smallest absolute Gasteiger partial charge is 0.263 e. The summed E-state index contributed by atoms with van der Waals surface area (Å²) < 4.78 is 27.5. The number of aromatic nitrogens is 1. The first kappa shape index (κ1) is 15.8. The SMILES string of the molecule is CNCc1ccc(Cl)c(S(=O)(=O)Nc2cccnc2C)c1. The van der Waals surface area contributed by atoms with Crippen LogP contribution in [0.4, 0.5) is 5.69 Å². The number of nitrogens with one attached hydrogen (secondary N) is 2. The van der Waals surface area contributed by atoms with Gasteiger partial charge in [0.1, 0.15) is 4.90 Å². The summed E-state index contributed by atoms with van der Waals surface area (Å²) in [6.07, 6.45) is 1.60. The molecule has 2 N–H and O–H groups in total. The van der Waals surface area contributed by atoms with Crippen LogP contribution in [0.2, 0.25) is 5.02 Å². The normalized spacial score (nSPS) is 11.4. The summed E-state index contributed by atoms with van der Waals surface area (Å²) in [7, 11) is -1.97. The average Bonchev–Trinajstić information content (AvgIpc) is 2.43. The van der Waals surface area contributed by atoms with Gasteiger partial charge in [-0.1, -0.05) is 17.7 Å². The van der Waals surface area contributed by atoms with Gasteiger partial charge >= 0.3 is 0 Å². The van der Waals surface area contributed by atoms with Crippen molar-refractivity contribution >= 4 is 27.3 Å². The number of hydrogen-bond donors (Lipinski definition) is 2. The summed E-state index contributed by atoms with van der Waals surface area (Å²) in [6, 6.07) is 8.26. The van der Waals surface area contributed by atoms with Gasteiger partial charge in [-0.25, -0.2) is 8.42 Å². The molecule has 7 heteroatoms. The summed E-state index contributed by atoms with van der Waals surface area (Å²) in [5.41, 5.74) is 1.88. The summed E-state index contributed by atoms with van der Waals surface area (Å²) in [6.45, 7) is 2.29. The minimum absolute atomic E-state index is 0.0557. The summed E-state index contributed by atoms with van der Waals surface area (Å²) in [5, 5.41) is 3.16. The average molecular weight is 326 g/mol.